The number of rotatable bonds is 5. The maximum absolute atomic E-state index is 12.2. The highest BCUT2D eigenvalue weighted by Crippen LogP contribution is 2.27. The van der Waals surface area contributed by atoms with Gasteiger partial charge in [0, 0.05) is 12.2 Å². The summed E-state index contributed by atoms with van der Waals surface area (Å²) >= 11 is 0. The second kappa shape index (κ2) is 6.02. The Morgan fingerprint density at radius 3 is 2.35 bits per heavy atom. The number of aliphatic hydroxyl groups is 1. The van der Waals surface area contributed by atoms with E-state index in [-0.39, 0.29) is 4.90 Å². The van der Waals surface area contributed by atoms with Gasteiger partial charge in [0.15, 0.2) is 0 Å². The van der Waals surface area contributed by atoms with Crippen LogP contribution in [0.15, 0.2) is 11.0 Å². The maximum atomic E-state index is 12.2. The topological polar surface area (TPSA) is 92.4 Å². The quantitative estimate of drug-likeness (QED) is 0.710. The van der Waals surface area contributed by atoms with E-state index in [1.54, 1.807) is 26.8 Å². The number of aliphatic hydroxyl groups excluding tert-OH is 1. The lowest BCUT2D eigenvalue weighted by atomic mass is 10.1. The number of alkyl halides is 2. The summed E-state index contributed by atoms with van der Waals surface area (Å²) in [6, 6.07) is 1.61. The molecule has 1 rings (SSSR count). The van der Waals surface area contributed by atoms with E-state index in [0.29, 0.717) is 16.8 Å². The van der Waals surface area contributed by atoms with Crippen LogP contribution in [0.3, 0.4) is 0 Å². The van der Waals surface area contributed by atoms with Crippen molar-refractivity contribution in [1.82, 2.24) is 4.72 Å². The van der Waals surface area contributed by atoms with Gasteiger partial charge in [0.25, 0.3) is 6.43 Å². The fourth-order valence-corrected chi connectivity index (χ4v) is 3.48. The number of hydrogen-bond donors (Lipinski definition) is 3. The molecule has 1 atom stereocenters. The highest BCUT2D eigenvalue weighted by Gasteiger charge is 2.25. The highest BCUT2D eigenvalue weighted by atomic mass is 32.2. The molecular weight excluding hydrogens is 290 g/mol. The molecule has 0 saturated carbocycles. The molecule has 0 fully saturated rings. The minimum absolute atomic E-state index is 0.0398. The van der Waals surface area contributed by atoms with Crippen molar-refractivity contribution in [3.05, 3.63) is 22.8 Å². The zero-order valence-electron chi connectivity index (χ0n) is 11.4. The molecule has 0 radical (unpaired) electrons. The van der Waals surface area contributed by atoms with Crippen LogP contribution < -0.4 is 10.5 Å². The van der Waals surface area contributed by atoms with Crippen LogP contribution >= 0.6 is 0 Å². The molecular formula is C12H18F2N2O3S. The number of benzene rings is 1. The first-order valence-electron chi connectivity index (χ1n) is 5.90. The fourth-order valence-electron chi connectivity index (χ4n) is 1.95. The molecule has 0 bridgehead atoms. The zero-order valence-corrected chi connectivity index (χ0v) is 12.3. The molecule has 0 aliphatic rings. The Hall–Kier alpha value is -1.25. The summed E-state index contributed by atoms with van der Waals surface area (Å²) in [4.78, 5) is -0.0398. The van der Waals surface area contributed by atoms with Crippen LogP contribution in [0.5, 0.6) is 0 Å². The number of anilines is 1. The molecule has 114 valence electrons. The van der Waals surface area contributed by atoms with Crippen LogP contribution in [-0.4, -0.2) is 32.6 Å². The molecule has 8 heteroatoms. The standard InChI is InChI=1S/C12H18F2N2O3S/c1-6-4-7(2)11(8(3)10(6)15)20(18,19)16-5-9(17)12(13)14/h4,9,12,16-17H,5,15H2,1-3H3. The Kier molecular flexibility index (Phi) is 5.06. The average Bonchev–Trinajstić information content (AvgIpc) is 2.32. The average molecular weight is 308 g/mol. The number of hydrogen-bond acceptors (Lipinski definition) is 4. The van der Waals surface area contributed by atoms with Crippen molar-refractivity contribution in [2.45, 2.75) is 38.2 Å². The molecule has 20 heavy (non-hydrogen) atoms. The van der Waals surface area contributed by atoms with Crippen LogP contribution in [0.2, 0.25) is 0 Å². The van der Waals surface area contributed by atoms with Crippen molar-refractivity contribution >= 4 is 15.7 Å². The third-order valence-electron chi connectivity index (χ3n) is 3.00. The Morgan fingerprint density at radius 1 is 1.30 bits per heavy atom. The van der Waals surface area contributed by atoms with E-state index in [1.807, 2.05) is 4.72 Å². The molecule has 1 aromatic rings. The first kappa shape index (κ1) is 16.8. The summed E-state index contributed by atoms with van der Waals surface area (Å²) in [6.07, 6.45) is -5.06. The molecule has 4 N–H and O–H groups in total. The van der Waals surface area contributed by atoms with Gasteiger partial charge in [0.05, 0.1) is 4.90 Å². The van der Waals surface area contributed by atoms with E-state index in [0.717, 1.165) is 5.56 Å². The monoisotopic (exact) mass is 308 g/mol. The van der Waals surface area contributed by atoms with Crippen molar-refractivity contribution in [2.75, 3.05) is 12.3 Å². The molecule has 0 aromatic heterocycles. The minimum Gasteiger partial charge on any atom is -0.398 e. The summed E-state index contributed by atoms with van der Waals surface area (Å²) in [5, 5.41) is 8.97. The van der Waals surface area contributed by atoms with Gasteiger partial charge < -0.3 is 10.8 Å². The number of aryl methyl sites for hydroxylation is 2. The van der Waals surface area contributed by atoms with Crippen molar-refractivity contribution in [2.24, 2.45) is 0 Å². The lowest BCUT2D eigenvalue weighted by Gasteiger charge is -2.17. The molecule has 1 aromatic carbocycles. The van der Waals surface area contributed by atoms with Crippen molar-refractivity contribution in [3.8, 4) is 0 Å². The van der Waals surface area contributed by atoms with Gasteiger partial charge in [0.2, 0.25) is 10.0 Å². The van der Waals surface area contributed by atoms with E-state index < -0.39 is 29.1 Å². The van der Waals surface area contributed by atoms with E-state index in [4.69, 9.17) is 10.8 Å². The summed E-state index contributed by atoms with van der Waals surface area (Å²) < 4.78 is 50.6. The van der Waals surface area contributed by atoms with E-state index in [2.05, 4.69) is 0 Å². The minimum atomic E-state index is -4.01. The van der Waals surface area contributed by atoms with Gasteiger partial charge in [-0.15, -0.1) is 0 Å². The van der Waals surface area contributed by atoms with Gasteiger partial charge in [-0.2, -0.15) is 0 Å². The summed E-state index contributed by atoms with van der Waals surface area (Å²) in [7, 11) is -4.01. The second-order valence-corrected chi connectivity index (χ2v) is 6.34. The Bertz CT molecular complexity index is 603. The molecule has 0 amide bonds. The molecule has 0 heterocycles. The fraction of sp³-hybridized carbons (Fsp3) is 0.500. The van der Waals surface area contributed by atoms with Crippen LogP contribution in [-0.2, 0) is 10.0 Å². The predicted molar refractivity (Wildman–Crippen MR) is 72.3 cm³/mol. The van der Waals surface area contributed by atoms with Gasteiger partial charge in [-0.05, 0) is 37.5 Å². The smallest absolute Gasteiger partial charge is 0.265 e. The van der Waals surface area contributed by atoms with Crippen LogP contribution in [0.25, 0.3) is 0 Å². The number of nitrogens with one attached hydrogen (secondary N) is 1. The number of sulfonamides is 1. The van der Waals surface area contributed by atoms with Gasteiger partial charge in [-0.25, -0.2) is 21.9 Å². The highest BCUT2D eigenvalue weighted by molar-refractivity contribution is 7.89. The van der Waals surface area contributed by atoms with Crippen LogP contribution in [0, 0.1) is 20.8 Å². The normalized spacial score (nSPS) is 13.8. The van der Waals surface area contributed by atoms with Crippen molar-refractivity contribution in [3.63, 3.8) is 0 Å². The van der Waals surface area contributed by atoms with Crippen LogP contribution in [0.1, 0.15) is 16.7 Å². The van der Waals surface area contributed by atoms with Crippen LogP contribution in [0.4, 0.5) is 14.5 Å². The Labute approximate surface area is 116 Å². The molecule has 5 nitrogen and oxygen atoms in total. The second-order valence-electron chi connectivity index (χ2n) is 4.63. The van der Waals surface area contributed by atoms with Crippen molar-refractivity contribution in [1.29, 1.82) is 0 Å². The molecule has 0 saturated heterocycles. The first-order chi connectivity index (χ1) is 9.08. The van der Waals surface area contributed by atoms with E-state index in [9.17, 15) is 17.2 Å². The largest absolute Gasteiger partial charge is 0.398 e. The van der Waals surface area contributed by atoms with E-state index >= 15 is 0 Å². The third-order valence-corrected chi connectivity index (χ3v) is 4.72. The Balaban J connectivity index is 3.14. The zero-order chi connectivity index (χ0) is 15.7. The first-order valence-corrected chi connectivity index (χ1v) is 7.38. The van der Waals surface area contributed by atoms with Gasteiger partial charge in [-0.3, -0.25) is 0 Å². The molecule has 1 unspecified atom stereocenters. The molecule has 0 aliphatic heterocycles. The maximum Gasteiger partial charge on any atom is 0.265 e. The number of nitrogens with two attached hydrogens (primary N) is 1. The molecule has 0 aliphatic carbocycles. The summed E-state index contributed by atoms with van der Waals surface area (Å²) in [5.74, 6) is 0. The third kappa shape index (κ3) is 3.44. The lowest BCUT2D eigenvalue weighted by Crippen LogP contribution is -2.36. The van der Waals surface area contributed by atoms with Crippen molar-refractivity contribution < 1.29 is 22.3 Å². The van der Waals surface area contributed by atoms with Gasteiger partial charge >= 0.3 is 0 Å². The summed E-state index contributed by atoms with van der Waals surface area (Å²) in [6.45, 7) is 4.14. The van der Waals surface area contributed by atoms with E-state index in [1.165, 1.54) is 0 Å². The SMILES string of the molecule is Cc1cc(C)c(S(=O)(=O)NCC(O)C(F)F)c(C)c1N. The lowest BCUT2D eigenvalue weighted by molar-refractivity contribution is -0.000453. The number of nitrogen functional groups attached to an aromatic ring is 1. The summed E-state index contributed by atoms with van der Waals surface area (Å²) in [5.41, 5.74) is 7.70. The predicted octanol–water partition coefficient (Wildman–Crippen LogP) is 1.10. The molecule has 0 spiro atoms. The Morgan fingerprint density at radius 2 is 1.85 bits per heavy atom. The van der Waals surface area contributed by atoms with Gasteiger partial charge in [0.1, 0.15) is 6.10 Å². The van der Waals surface area contributed by atoms with Gasteiger partial charge in [-0.1, -0.05) is 6.07 Å². The number of halogens is 2.